The van der Waals surface area contributed by atoms with Crippen LogP contribution in [0.4, 0.5) is 26.0 Å². The summed E-state index contributed by atoms with van der Waals surface area (Å²) in [5.41, 5.74) is 0.865. The molecule has 5 amide bonds. The molecule has 3 atom stereocenters. The van der Waals surface area contributed by atoms with E-state index in [1.165, 1.54) is 12.5 Å². The van der Waals surface area contributed by atoms with E-state index in [1.807, 2.05) is 0 Å². The molecule has 5 N–H and O–H groups in total. The number of carbonyl (C=O) groups excluding carboxylic acids is 5. The van der Waals surface area contributed by atoms with E-state index in [0.717, 1.165) is 75.8 Å². The summed E-state index contributed by atoms with van der Waals surface area (Å²) in [6, 6.07) is 7.15. The predicted octanol–water partition coefficient (Wildman–Crippen LogP) is 5.81. The van der Waals surface area contributed by atoms with Crippen LogP contribution in [0.15, 0.2) is 53.4 Å². The number of halogens is 2. The number of fused-ring (bicyclic) bond motifs is 1. The second kappa shape index (κ2) is 21.0. The Labute approximate surface area is 380 Å². The van der Waals surface area contributed by atoms with Crippen LogP contribution in [0.5, 0.6) is 0 Å². The van der Waals surface area contributed by atoms with Crippen LogP contribution in [0, 0.1) is 5.92 Å². The minimum atomic E-state index is -2.90. The van der Waals surface area contributed by atoms with E-state index in [2.05, 4.69) is 48.3 Å². The van der Waals surface area contributed by atoms with E-state index in [0.29, 0.717) is 49.2 Å². The molecule has 4 aromatic rings. The van der Waals surface area contributed by atoms with Gasteiger partial charge in [-0.3, -0.25) is 38.9 Å². The summed E-state index contributed by atoms with van der Waals surface area (Å²) in [5, 5.41) is 25.8. The maximum absolute atomic E-state index is 14.2. The fraction of sp³-hybridized carbons (Fsp3) is 0.522. The van der Waals surface area contributed by atoms with Gasteiger partial charge >= 0.3 is 0 Å². The van der Waals surface area contributed by atoms with Crippen molar-refractivity contribution in [3.05, 3.63) is 71.5 Å². The Kier molecular flexibility index (Phi) is 14.8. The molecule has 3 fully saturated rings. The average molecular weight is 915 g/mol. The Bertz CT molecular complexity index is 2400. The molecular weight excluding hydrogens is 859 g/mol. The zero-order chi connectivity index (χ0) is 46.3. The van der Waals surface area contributed by atoms with Crippen LogP contribution >= 0.6 is 0 Å². The lowest BCUT2D eigenvalue weighted by Gasteiger charge is -2.31. The number of imide groups is 2. The molecular formula is C46H56F2N10O8. The van der Waals surface area contributed by atoms with Gasteiger partial charge in [-0.15, -0.1) is 0 Å². The zero-order valence-corrected chi connectivity index (χ0v) is 36.8. The van der Waals surface area contributed by atoms with Crippen LogP contribution in [0.2, 0.25) is 0 Å². The van der Waals surface area contributed by atoms with Crippen LogP contribution in [0.1, 0.15) is 126 Å². The standard InChI is InChI=1S/C46H56F2N10O8/c1-56(20-6-22-65-21-5-18-49-32-9-4-7-30-39(32)46(64)58(45(30)63)35-15-16-38(60)54-43(35)62)24-27-11-13-29(14-12-27)57-25-33(40(55-57)41(47)48)52-42(61)34-26-66-44(53-34)28-17-19-50-37(23-28)51-31-8-2-3-10-36(31)59/h4,7,9,17,19,23,25-27,29,31,35-36,41,49,59H,2-3,5-6,8,10-16,18,20-22,24H2,1H3,(H,50,51)(H,52,61)(H,54,60,62)/t27-,29-,31-,35?,36+/m1/s1. The molecule has 2 aliphatic carbocycles. The summed E-state index contributed by atoms with van der Waals surface area (Å²) in [7, 11) is 2.08. The lowest BCUT2D eigenvalue weighted by atomic mass is 9.86. The largest absolute Gasteiger partial charge is 0.444 e. The zero-order valence-electron chi connectivity index (χ0n) is 36.8. The number of aliphatic hydroxyl groups is 1. The molecule has 0 radical (unpaired) electrons. The quantitative estimate of drug-likeness (QED) is 0.0553. The number of pyridine rings is 1. The third kappa shape index (κ3) is 10.8. The number of carbonyl (C=O) groups is 5. The number of oxazole rings is 1. The van der Waals surface area contributed by atoms with Crippen molar-refractivity contribution in [2.45, 2.75) is 108 Å². The summed E-state index contributed by atoms with van der Waals surface area (Å²) in [6.07, 6.45) is 9.38. The van der Waals surface area contributed by atoms with Gasteiger partial charge in [0, 0.05) is 62.9 Å². The van der Waals surface area contributed by atoms with Crippen LogP contribution in [0.3, 0.4) is 0 Å². The van der Waals surface area contributed by atoms with Crippen molar-refractivity contribution < 1.29 is 47.0 Å². The summed E-state index contributed by atoms with van der Waals surface area (Å²) >= 11 is 0. The smallest absolute Gasteiger partial charge is 0.284 e. The Hall–Kier alpha value is -6.12. The van der Waals surface area contributed by atoms with Crippen molar-refractivity contribution in [2.24, 2.45) is 5.92 Å². The maximum Gasteiger partial charge on any atom is 0.284 e. The lowest BCUT2D eigenvalue weighted by molar-refractivity contribution is -0.136. The van der Waals surface area contributed by atoms with Gasteiger partial charge in [0.1, 0.15) is 18.1 Å². The van der Waals surface area contributed by atoms with Crippen molar-refractivity contribution in [3.63, 3.8) is 0 Å². The monoisotopic (exact) mass is 914 g/mol. The van der Waals surface area contributed by atoms with Gasteiger partial charge in [-0.2, -0.15) is 5.10 Å². The number of aromatic nitrogens is 4. The van der Waals surface area contributed by atoms with E-state index in [1.54, 1.807) is 41.2 Å². The second-order valence-corrected chi connectivity index (χ2v) is 17.6. The first kappa shape index (κ1) is 46.4. The van der Waals surface area contributed by atoms with E-state index >= 15 is 0 Å². The van der Waals surface area contributed by atoms with Gasteiger partial charge in [0.2, 0.25) is 17.7 Å². The van der Waals surface area contributed by atoms with Crippen molar-refractivity contribution in [1.29, 1.82) is 0 Å². The Balaban J connectivity index is 0.732. The number of hydrogen-bond donors (Lipinski definition) is 5. The molecule has 1 unspecified atom stereocenters. The number of alkyl halides is 2. The Morgan fingerprint density at radius 2 is 1.82 bits per heavy atom. The highest BCUT2D eigenvalue weighted by atomic mass is 19.3. The van der Waals surface area contributed by atoms with Crippen LogP contribution < -0.4 is 21.3 Å². The molecule has 8 rings (SSSR count). The van der Waals surface area contributed by atoms with Crippen molar-refractivity contribution >= 4 is 46.7 Å². The number of piperidine rings is 1. The topological polar surface area (TPSA) is 226 Å². The molecule has 1 saturated heterocycles. The minimum absolute atomic E-state index is 0.0568. The number of rotatable bonds is 19. The molecule has 0 spiro atoms. The van der Waals surface area contributed by atoms with Crippen molar-refractivity contribution in [3.8, 4) is 11.5 Å². The molecule has 66 heavy (non-hydrogen) atoms. The molecule has 18 nitrogen and oxygen atoms in total. The summed E-state index contributed by atoms with van der Waals surface area (Å²) in [6.45, 7) is 3.31. The number of hydrogen-bond acceptors (Lipinski definition) is 14. The van der Waals surface area contributed by atoms with Gasteiger partial charge in [0.25, 0.3) is 24.1 Å². The highest BCUT2D eigenvalue weighted by Crippen LogP contribution is 2.36. The predicted molar refractivity (Wildman–Crippen MR) is 237 cm³/mol. The number of anilines is 3. The van der Waals surface area contributed by atoms with E-state index in [9.17, 15) is 37.9 Å². The molecule has 0 bridgehead atoms. The van der Waals surface area contributed by atoms with Crippen molar-refractivity contribution in [1.82, 2.24) is 34.9 Å². The van der Waals surface area contributed by atoms with Gasteiger partial charge in [-0.05, 0) is 95.0 Å². The first-order valence-corrected chi connectivity index (χ1v) is 22.8. The second-order valence-electron chi connectivity index (χ2n) is 17.6. The molecule has 3 aromatic heterocycles. The average Bonchev–Trinajstić information content (AvgIpc) is 4.03. The highest BCUT2D eigenvalue weighted by Gasteiger charge is 2.45. The molecule has 5 heterocycles. The number of aliphatic hydroxyl groups excluding tert-OH is 1. The third-order valence-electron chi connectivity index (χ3n) is 12.9. The van der Waals surface area contributed by atoms with Crippen LogP contribution in [0.25, 0.3) is 11.5 Å². The van der Waals surface area contributed by atoms with Gasteiger partial charge in [0.05, 0.1) is 35.0 Å². The number of benzene rings is 1. The number of nitrogens with one attached hydrogen (secondary N) is 4. The highest BCUT2D eigenvalue weighted by molar-refractivity contribution is 6.25. The first-order valence-electron chi connectivity index (χ1n) is 22.8. The minimum Gasteiger partial charge on any atom is -0.444 e. The molecule has 4 aliphatic rings. The van der Waals surface area contributed by atoms with E-state index in [-0.39, 0.29) is 53.3 Å². The van der Waals surface area contributed by atoms with Crippen molar-refractivity contribution in [2.75, 3.05) is 55.8 Å². The van der Waals surface area contributed by atoms with E-state index in [4.69, 9.17) is 9.15 Å². The van der Waals surface area contributed by atoms with Gasteiger partial charge < -0.3 is 35.1 Å². The molecule has 352 valence electrons. The summed E-state index contributed by atoms with van der Waals surface area (Å²) < 4.78 is 41.4. The molecule has 20 heteroatoms. The molecule has 2 aliphatic heterocycles. The SMILES string of the molecule is CN(CCCOCCCNc1cccc2c1C(=O)N(C1CCC(=O)NC1=O)C2=O)C[C@H]1CC[C@H](n2cc(NC(=O)c3coc(-c4ccnc(N[C@@H]5CCCC[C@@H]5O)c4)n3)c(C(F)F)n2)CC1. The summed E-state index contributed by atoms with van der Waals surface area (Å²) in [4.78, 5) is 75.5. The number of amides is 5. The van der Waals surface area contributed by atoms with E-state index < -0.39 is 53.8 Å². The maximum atomic E-state index is 14.2. The van der Waals surface area contributed by atoms with Gasteiger partial charge in [0.15, 0.2) is 11.4 Å². The lowest BCUT2D eigenvalue weighted by Crippen LogP contribution is -2.54. The molecule has 2 saturated carbocycles. The van der Waals surface area contributed by atoms with Gasteiger partial charge in [-0.1, -0.05) is 18.9 Å². The fourth-order valence-corrected chi connectivity index (χ4v) is 9.38. The first-order chi connectivity index (χ1) is 31.9. The van der Waals surface area contributed by atoms with Crippen LogP contribution in [-0.4, -0.2) is 122 Å². The number of nitrogens with zero attached hydrogens (tertiary/aromatic N) is 6. The van der Waals surface area contributed by atoms with Gasteiger partial charge in [-0.25, -0.2) is 18.7 Å². The Morgan fingerprint density at radius 3 is 2.61 bits per heavy atom. The fourth-order valence-electron chi connectivity index (χ4n) is 9.38. The third-order valence-corrected chi connectivity index (χ3v) is 12.9. The number of ether oxygens (including phenoxy) is 1. The molecule has 1 aromatic carbocycles. The van der Waals surface area contributed by atoms with Crippen LogP contribution in [-0.2, 0) is 14.3 Å². The Morgan fingerprint density at radius 1 is 1.02 bits per heavy atom. The summed E-state index contributed by atoms with van der Waals surface area (Å²) in [5.74, 6) is -1.73. The normalized spacial score (nSPS) is 22.2.